The lowest BCUT2D eigenvalue weighted by Gasteiger charge is -2.25. The highest BCUT2D eigenvalue weighted by molar-refractivity contribution is 7.90. The summed E-state index contributed by atoms with van der Waals surface area (Å²) in [6, 6.07) is 25.6. The zero-order valence-electron chi connectivity index (χ0n) is 23.7. The number of imidazole rings is 1. The number of hydrogen-bond acceptors (Lipinski definition) is 5. The van der Waals surface area contributed by atoms with Crippen LogP contribution in [-0.4, -0.2) is 35.3 Å². The number of carboxylic acids is 1. The fourth-order valence-electron chi connectivity index (χ4n) is 5.84. The second-order valence-electron chi connectivity index (χ2n) is 11.0. The number of nitrogens with zero attached hydrogens (tertiary/aromatic N) is 2. The highest BCUT2D eigenvalue weighted by Gasteiger charge is 2.23. The molecule has 0 atom stereocenters. The molecule has 220 valence electrons. The van der Waals surface area contributed by atoms with E-state index in [-0.39, 0.29) is 17.1 Å². The largest absolute Gasteiger partial charge is 0.489 e. The lowest BCUT2D eigenvalue weighted by molar-refractivity contribution is 0.0697. The van der Waals surface area contributed by atoms with E-state index in [9.17, 15) is 18.3 Å². The number of halogens is 1. The van der Waals surface area contributed by atoms with Crippen LogP contribution in [0.3, 0.4) is 0 Å². The summed E-state index contributed by atoms with van der Waals surface area (Å²) in [5, 5.41) is 10.1. The van der Waals surface area contributed by atoms with Crippen molar-refractivity contribution in [2.45, 2.75) is 49.6 Å². The van der Waals surface area contributed by atoms with Crippen molar-refractivity contribution in [1.82, 2.24) is 9.55 Å². The van der Waals surface area contributed by atoms with Gasteiger partial charge in [-0.15, -0.1) is 0 Å². The zero-order valence-corrected chi connectivity index (χ0v) is 25.2. The fourth-order valence-corrected chi connectivity index (χ4v) is 6.63. The van der Waals surface area contributed by atoms with E-state index in [0.717, 1.165) is 59.3 Å². The maximum Gasteiger partial charge on any atom is 0.335 e. The first kappa shape index (κ1) is 29.0. The van der Waals surface area contributed by atoms with Gasteiger partial charge in [-0.2, -0.15) is 0 Å². The number of ether oxygens (including phenoxy) is 1. The van der Waals surface area contributed by atoms with Crippen molar-refractivity contribution in [3.05, 3.63) is 101 Å². The molecule has 1 saturated carbocycles. The summed E-state index contributed by atoms with van der Waals surface area (Å²) in [6.07, 6.45) is 6.84. The normalized spacial score (nSPS) is 14.2. The number of rotatable bonds is 8. The van der Waals surface area contributed by atoms with Crippen molar-refractivity contribution in [1.29, 1.82) is 0 Å². The van der Waals surface area contributed by atoms with Crippen molar-refractivity contribution in [3.63, 3.8) is 0 Å². The lowest BCUT2D eigenvalue weighted by Crippen LogP contribution is -2.14. The monoisotopic (exact) mass is 614 g/mol. The van der Waals surface area contributed by atoms with E-state index >= 15 is 0 Å². The summed E-state index contributed by atoms with van der Waals surface area (Å²) in [7, 11) is -3.40. The number of carbonyl (C=O) groups is 1. The first-order chi connectivity index (χ1) is 20.7. The third-order valence-electron chi connectivity index (χ3n) is 8.04. The molecule has 1 aliphatic rings. The quantitative estimate of drug-likeness (QED) is 0.189. The maximum absolute atomic E-state index is 12.3. The Morgan fingerprint density at radius 2 is 1.63 bits per heavy atom. The van der Waals surface area contributed by atoms with E-state index in [0.29, 0.717) is 22.3 Å². The molecule has 4 aromatic carbocycles. The smallest absolute Gasteiger partial charge is 0.335 e. The Balaban J connectivity index is 1.31. The SMILES string of the molecule is CS(=O)(=O)c1ccc(-c2ccc(Cl)cc2)c(COc2ccc(-c3nc4cc(C(=O)O)ccc4n3C3CCCCC3)cc2)c1. The Hall–Kier alpha value is -4.14. The lowest BCUT2D eigenvalue weighted by atomic mass is 9.95. The first-order valence-corrected chi connectivity index (χ1v) is 16.5. The first-order valence-electron chi connectivity index (χ1n) is 14.2. The Morgan fingerprint density at radius 3 is 2.30 bits per heavy atom. The summed E-state index contributed by atoms with van der Waals surface area (Å²) in [6.45, 7) is 0.166. The number of hydrogen-bond donors (Lipinski definition) is 1. The van der Waals surface area contributed by atoms with E-state index in [1.807, 2.05) is 42.5 Å². The number of aromatic carboxylic acids is 1. The molecule has 6 rings (SSSR count). The topological polar surface area (TPSA) is 98.5 Å². The van der Waals surface area contributed by atoms with Gasteiger partial charge in [-0.05, 0) is 96.3 Å². The van der Waals surface area contributed by atoms with Crippen LogP contribution in [-0.2, 0) is 16.4 Å². The summed E-state index contributed by atoms with van der Waals surface area (Å²) in [4.78, 5) is 16.7. The Bertz CT molecular complexity index is 1910. The van der Waals surface area contributed by atoms with Crippen LogP contribution in [0.25, 0.3) is 33.5 Å². The Kier molecular flexibility index (Phi) is 7.99. The number of aromatic nitrogens is 2. The van der Waals surface area contributed by atoms with Gasteiger partial charge in [0.15, 0.2) is 9.84 Å². The van der Waals surface area contributed by atoms with E-state index < -0.39 is 15.8 Å². The van der Waals surface area contributed by atoms with Gasteiger partial charge >= 0.3 is 5.97 Å². The van der Waals surface area contributed by atoms with Crippen molar-refractivity contribution in [2.24, 2.45) is 0 Å². The molecule has 1 aliphatic carbocycles. The van der Waals surface area contributed by atoms with Gasteiger partial charge in [0.2, 0.25) is 0 Å². The van der Waals surface area contributed by atoms with Crippen molar-refractivity contribution < 1.29 is 23.1 Å². The minimum absolute atomic E-state index is 0.166. The molecule has 0 aliphatic heterocycles. The molecule has 0 bridgehead atoms. The number of benzene rings is 4. The summed E-state index contributed by atoms with van der Waals surface area (Å²) in [5.41, 5.74) is 5.24. The number of sulfone groups is 1. The molecule has 7 nitrogen and oxygen atoms in total. The molecule has 1 aromatic heterocycles. The number of carboxylic acid groups (broad SMARTS) is 1. The van der Waals surface area contributed by atoms with Gasteiger partial charge in [-0.3, -0.25) is 0 Å². The summed E-state index contributed by atoms with van der Waals surface area (Å²) >= 11 is 6.08. The molecular formula is C34H31ClN2O5S. The van der Waals surface area contributed by atoms with Gasteiger partial charge in [0.25, 0.3) is 0 Å². The molecule has 0 radical (unpaired) electrons. The van der Waals surface area contributed by atoms with Crippen LogP contribution in [0.2, 0.25) is 5.02 Å². The molecule has 1 fully saturated rings. The van der Waals surface area contributed by atoms with Gasteiger partial charge in [-0.25, -0.2) is 18.2 Å². The maximum atomic E-state index is 12.3. The van der Waals surface area contributed by atoms with E-state index in [4.69, 9.17) is 21.3 Å². The third kappa shape index (κ3) is 6.17. The van der Waals surface area contributed by atoms with Crippen LogP contribution in [0, 0.1) is 0 Å². The minimum atomic E-state index is -3.40. The van der Waals surface area contributed by atoms with Gasteiger partial charge in [0, 0.05) is 22.9 Å². The van der Waals surface area contributed by atoms with Crippen LogP contribution in [0.4, 0.5) is 0 Å². The molecule has 0 unspecified atom stereocenters. The average Bonchev–Trinajstić information content (AvgIpc) is 3.39. The highest BCUT2D eigenvalue weighted by Crippen LogP contribution is 2.37. The van der Waals surface area contributed by atoms with Crippen molar-refractivity contribution >= 4 is 38.4 Å². The fraction of sp³-hybridized carbons (Fsp3) is 0.235. The van der Waals surface area contributed by atoms with E-state index in [2.05, 4.69) is 4.57 Å². The van der Waals surface area contributed by atoms with Gasteiger partial charge in [0.1, 0.15) is 18.2 Å². The predicted molar refractivity (Wildman–Crippen MR) is 169 cm³/mol. The van der Waals surface area contributed by atoms with Gasteiger partial charge in [-0.1, -0.05) is 49.1 Å². The van der Waals surface area contributed by atoms with Crippen LogP contribution < -0.4 is 4.74 Å². The number of fused-ring (bicyclic) bond motifs is 1. The van der Waals surface area contributed by atoms with Crippen LogP contribution in [0.1, 0.15) is 54.1 Å². The molecule has 43 heavy (non-hydrogen) atoms. The molecular weight excluding hydrogens is 584 g/mol. The van der Waals surface area contributed by atoms with E-state index in [1.54, 1.807) is 42.5 Å². The highest BCUT2D eigenvalue weighted by atomic mass is 35.5. The molecule has 1 heterocycles. The van der Waals surface area contributed by atoms with Crippen LogP contribution in [0.15, 0.2) is 89.8 Å². The molecule has 0 saturated heterocycles. The van der Waals surface area contributed by atoms with Crippen LogP contribution >= 0.6 is 11.6 Å². The standard InChI is InChI=1S/C34H31ClN2O5S/c1-43(40,41)29-16-17-30(22-7-12-26(35)13-8-22)25(19-29)21-42-28-14-9-23(10-15-28)33-36-31-20-24(34(38)39)11-18-32(31)37(33)27-5-3-2-4-6-27/h7-20,27H,2-6,21H2,1H3,(H,38,39). The molecule has 5 aromatic rings. The summed E-state index contributed by atoms with van der Waals surface area (Å²) in [5.74, 6) is 0.462. The molecule has 0 amide bonds. The Labute approximate surface area is 255 Å². The average molecular weight is 615 g/mol. The molecule has 0 spiro atoms. The van der Waals surface area contributed by atoms with Crippen molar-refractivity contribution in [3.8, 4) is 28.3 Å². The minimum Gasteiger partial charge on any atom is -0.489 e. The van der Waals surface area contributed by atoms with Crippen molar-refractivity contribution in [2.75, 3.05) is 6.26 Å². The second-order valence-corrected chi connectivity index (χ2v) is 13.5. The third-order valence-corrected chi connectivity index (χ3v) is 9.41. The second kappa shape index (κ2) is 11.9. The summed E-state index contributed by atoms with van der Waals surface area (Å²) < 4.78 is 33.0. The zero-order chi connectivity index (χ0) is 30.1. The predicted octanol–water partition coefficient (Wildman–Crippen LogP) is 8.21. The van der Waals surface area contributed by atoms with Gasteiger partial charge < -0.3 is 14.4 Å². The van der Waals surface area contributed by atoms with Crippen LogP contribution in [0.5, 0.6) is 5.75 Å². The molecule has 1 N–H and O–H groups in total. The van der Waals surface area contributed by atoms with E-state index in [1.165, 1.54) is 12.7 Å². The van der Waals surface area contributed by atoms with Gasteiger partial charge in [0.05, 0.1) is 21.5 Å². The molecule has 9 heteroatoms. The Morgan fingerprint density at radius 1 is 0.930 bits per heavy atom.